The summed E-state index contributed by atoms with van der Waals surface area (Å²) in [6, 6.07) is 5.68. The van der Waals surface area contributed by atoms with E-state index in [0.29, 0.717) is 0 Å². The van der Waals surface area contributed by atoms with Gasteiger partial charge in [-0.05, 0) is 38.6 Å². The maximum atomic E-state index is 12.1. The summed E-state index contributed by atoms with van der Waals surface area (Å²) in [5.74, 6) is -0.0526. The first-order chi connectivity index (χ1) is 8.53. The van der Waals surface area contributed by atoms with Crippen LogP contribution in [0, 0.1) is 0 Å². The zero-order valence-corrected chi connectivity index (χ0v) is 10.9. The number of hydrogen-bond donors (Lipinski definition) is 3. The number of likely N-dealkylation sites (N-methyl/N-ethyl adjacent to an activating group) is 1. The lowest BCUT2D eigenvalue weighted by Gasteiger charge is -2.24. The number of aromatic nitrogens is 2. The number of carbonyl (C=O) groups excluding carboxylic acids is 1. The van der Waals surface area contributed by atoms with Crippen LogP contribution in [0.1, 0.15) is 20.8 Å². The molecule has 1 aromatic heterocycles. The summed E-state index contributed by atoms with van der Waals surface area (Å²) in [6.07, 6.45) is 1.75. The number of nitrogens with one attached hydrogen (secondary N) is 3. The molecule has 0 aliphatic rings. The van der Waals surface area contributed by atoms with Gasteiger partial charge in [-0.1, -0.05) is 6.92 Å². The van der Waals surface area contributed by atoms with E-state index < -0.39 is 5.54 Å². The highest BCUT2D eigenvalue weighted by Crippen LogP contribution is 2.17. The van der Waals surface area contributed by atoms with Crippen molar-refractivity contribution < 1.29 is 4.79 Å². The summed E-state index contributed by atoms with van der Waals surface area (Å²) in [7, 11) is 0. The van der Waals surface area contributed by atoms with Crippen LogP contribution in [0.3, 0.4) is 0 Å². The second-order valence-electron chi connectivity index (χ2n) is 4.78. The number of amides is 1. The monoisotopic (exact) mass is 246 g/mol. The fraction of sp³-hybridized carbons (Fsp3) is 0.385. The van der Waals surface area contributed by atoms with E-state index in [1.165, 1.54) is 0 Å². The number of nitrogens with zero attached hydrogens (tertiary/aromatic N) is 1. The molecule has 0 aliphatic carbocycles. The molecule has 0 unspecified atom stereocenters. The number of H-pyrrole nitrogens is 1. The van der Waals surface area contributed by atoms with Gasteiger partial charge in [0.1, 0.15) is 0 Å². The van der Waals surface area contributed by atoms with Gasteiger partial charge in [-0.3, -0.25) is 9.89 Å². The number of benzene rings is 1. The molecule has 0 aliphatic heterocycles. The molecule has 18 heavy (non-hydrogen) atoms. The summed E-state index contributed by atoms with van der Waals surface area (Å²) in [6.45, 7) is 6.45. The lowest BCUT2D eigenvalue weighted by atomic mass is 10.0. The fourth-order valence-electron chi connectivity index (χ4n) is 1.82. The van der Waals surface area contributed by atoms with E-state index in [0.717, 1.165) is 23.1 Å². The van der Waals surface area contributed by atoms with Crippen molar-refractivity contribution in [2.24, 2.45) is 0 Å². The Morgan fingerprint density at radius 3 is 2.94 bits per heavy atom. The molecular formula is C13H18N4O. The summed E-state index contributed by atoms with van der Waals surface area (Å²) >= 11 is 0. The molecule has 0 radical (unpaired) electrons. The molecule has 5 heteroatoms. The third-order valence-electron chi connectivity index (χ3n) is 2.89. The molecule has 2 rings (SSSR count). The van der Waals surface area contributed by atoms with Crippen LogP contribution in [-0.4, -0.2) is 28.2 Å². The second kappa shape index (κ2) is 4.78. The summed E-state index contributed by atoms with van der Waals surface area (Å²) in [5.41, 5.74) is 1.09. The predicted molar refractivity (Wildman–Crippen MR) is 72.5 cm³/mol. The zero-order valence-electron chi connectivity index (χ0n) is 10.9. The van der Waals surface area contributed by atoms with Crippen LogP contribution in [0.5, 0.6) is 0 Å². The standard InChI is InChI=1S/C13H18N4O/c1-4-14-13(2,3)12(18)16-10-6-5-9-8-15-17-11(9)7-10/h5-8,14H,4H2,1-3H3,(H,15,17)(H,16,18). The molecule has 1 aromatic carbocycles. The number of aromatic amines is 1. The van der Waals surface area contributed by atoms with Crippen molar-refractivity contribution in [2.75, 3.05) is 11.9 Å². The van der Waals surface area contributed by atoms with Crippen LogP contribution in [0.2, 0.25) is 0 Å². The normalized spacial score (nSPS) is 11.7. The topological polar surface area (TPSA) is 69.8 Å². The average molecular weight is 246 g/mol. The second-order valence-corrected chi connectivity index (χ2v) is 4.78. The van der Waals surface area contributed by atoms with Crippen molar-refractivity contribution in [3.05, 3.63) is 24.4 Å². The van der Waals surface area contributed by atoms with Gasteiger partial charge in [0.15, 0.2) is 0 Å². The number of carbonyl (C=O) groups is 1. The van der Waals surface area contributed by atoms with Crippen molar-refractivity contribution in [1.82, 2.24) is 15.5 Å². The Balaban J connectivity index is 2.15. The third kappa shape index (κ3) is 2.51. The van der Waals surface area contributed by atoms with E-state index in [-0.39, 0.29) is 5.91 Å². The van der Waals surface area contributed by atoms with E-state index in [4.69, 9.17) is 0 Å². The minimum atomic E-state index is -0.586. The molecule has 1 amide bonds. The van der Waals surface area contributed by atoms with Gasteiger partial charge in [-0.2, -0.15) is 5.10 Å². The molecule has 0 bridgehead atoms. The highest BCUT2D eigenvalue weighted by atomic mass is 16.2. The fourth-order valence-corrected chi connectivity index (χ4v) is 1.82. The zero-order chi connectivity index (χ0) is 13.2. The Hall–Kier alpha value is -1.88. The lowest BCUT2D eigenvalue weighted by molar-refractivity contribution is -0.121. The van der Waals surface area contributed by atoms with Crippen LogP contribution in [0.4, 0.5) is 5.69 Å². The van der Waals surface area contributed by atoms with Gasteiger partial charge in [0.05, 0.1) is 17.3 Å². The number of fused-ring (bicyclic) bond motifs is 1. The van der Waals surface area contributed by atoms with Crippen molar-refractivity contribution >= 4 is 22.5 Å². The first kappa shape index (κ1) is 12.6. The molecular weight excluding hydrogens is 228 g/mol. The van der Waals surface area contributed by atoms with Crippen molar-refractivity contribution in [2.45, 2.75) is 26.3 Å². The summed E-state index contributed by atoms with van der Waals surface area (Å²) in [4.78, 5) is 12.1. The molecule has 3 N–H and O–H groups in total. The maximum absolute atomic E-state index is 12.1. The number of anilines is 1. The van der Waals surface area contributed by atoms with E-state index in [2.05, 4.69) is 20.8 Å². The number of rotatable bonds is 4. The van der Waals surface area contributed by atoms with Gasteiger partial charge >= 0.3 is 0 Å². The van der Waals surface area contributed by atoms with Crippen LogP contribution < -0.4 is 10.6 Å². The molecule has 2 aromatic rings. The number of hydrogen-bond acceptors (Lipinski definition) is 3. The van der Waals surface area contributed by atoms with Gasteiger partial charge in [0, 0.05) is 11.1 Å². The van der Waals surface area contributed by atoms with Crippen molar-refractivity contribution in [3.8, 4) is 0 Å². The third-order valence-corrected chi connectivity index (χ3v) is 2.89. The van der Waals surface area contributed by atoms with Gasteiger partial charge < -0.3 is 10.6 Å². The Morgan fingerprint density at radius 2 is 2.22 bits per heavy atom. The summed E-state index contributed by atoms with van der Waals surface area (Å²) < 4.78 is 0. The molecule has 96 valence electrons. The Labute approximate surface area is 106 Å². The van der Waals surface area contributed by atoms with E-state index in [9.17, 15) is 4.79 Å². The highest BCUT2D eigenvalue weighted by molar-refractivity contribution is 5.98. The first-order valence-electron chi connectivity index (χ1n) is 6.02. The Bertz CT molecular complexity index is 559. The average Bonchev–Trinajstić information content (AvgIpc) is 2.76. The van der Waals surface area contributed by atoms with Crippen LogP contribution >= 0.6 is 0 Å². The molecule has 0 atom stereocenters. The highest BCUT2D eigenvalue weighted by Gasteiger charge is 2.26. The van der Waals surface area contributed by atoms with E-state index in [1.807, 2.05) is 39.0 Å². The smallest absolute Gasteiger partial charge is 0.244 e. The van der Waals surface area contributed by atoms with Crippen molar-refractivity contribution in [3.63, 3.8) is 0 Å². The largest absolute Gasteiger partial charge is 0.324 e. The quantitative estimate of drug-likeness (QED) is 0.771. The molecule has 1 heterocycles. The predicted octanol–water partition coefficient (Wildman–Crippen LogP) is 1.89. The van der Waals surface area contributed by atoms with Gasteiger partial charge in [-0.15, -0.1) is 0 Å². The maximum Gasteiger partial charge on any atom is 0.244 e. The first-order valence-corrected chi connectivity index (χ1v) is 6.02. The van der Waals surface area contributed by atoms with E-state index in [1.54, 1.807) is 6.20 Å². The Kier molecular flexibility index (Phi) is 3.34. The van der Waals surface area contributed by atoms with Crippen LogP contribution in [0.15, 0.2) is 24.4 Å². The molecule has 0 saturated carbocycles. The summed E-state index contributed by atoms with van der Waals surface area (Å²) in [5, 5.41) is 13.9. The van der Waals surface area contributed by atoms with Gasteiger partial charge in [0.2, 0.25) is 5.91 Å². The van der Waals surface area contributed by atoms with Gasteiger partial charge in [0.25, 0.3) is 0 Å². The molecule has 0 fully saturated rings. The minimum absolute atomic E-state index is 0.0526. The van der Waals surface area contributed by atoms with Crippen LogP contribution in [-0.2, 0) is 4.79 Å². The molecule has 5 nitrogen and oxygen atoms in total. The minimum Gasteiger partial charge on any atom is -0.324 e. The molecule has 0 spiro atoms. The lowest BCUT2D eigenvalue weighted by Crippen LogP contribution is -2.49. The van der Waals surface area contributed by atoms with E-state index >= 15 is 0 Å². The Morgan fingerprint density at radius 1 is 1.44 bits per heavy atom. The molecule has 0 saturated heterocycles. The van der Waals surface area contributed by atoms with Crippen LogP contribution in [0.25, 0.3) is 10.9 Å². The van der Waals surface area contributed by atoms with Crippen molar-refractivity contribution in [1.29, 1.82) is 0 Å². The SMILES string of the molecule is CCNC(C)(C)C(=O)Nc1ccc2cn[nH]c2c1. The van der Waals surface area contributed by atoms with Gasteiger partial charge in [-0.25, -0.2) is 0 Å².